The summed E-state index contributed by atoms with van der Waals surface area (Å²) in [4.78, 5) is 21.2. The van der Waals surface area contributed by atoms with E-state index in [1.807, 2.05) is 47.0 Å². The van der Waals surface area contributed by atoms with Crippen LogP contribution in [0.3, 0.4) is 0 Å². The first-order chi connectivity index (χ1) is 20.2. The maximum absolute atomic E-state index is 14.0. The molecule has 2 unspecified atom stereocenters. The summed E-state index contributed by atoms with van der Waals surface area (Å²) in [7, 11) is 1.96. The van der Waals surface area contributed by atoms with Crippen LogP contribution in [0.2, 0.25) is 0 Å². The predicted molar refractivity (Wildman–Crippen MR) is 172 cm³/mol. The number of aromatic nitrogens is 2. The van der Waals surface area contributed by atoms with E-state index in [4.69, 9.17) is 0 Å². The van der Waals surface area contributed by atoms with Crippen molar-refractivity contribution in [3.8, 4) is 0 Å². The monoisotopic (exact) mass is 586 g/mol. The van der Waals surface area contributed by atoms with Crippen molar-refractivity contribution in [3.63, 3.8) is 0 Å². The minimum atomic E-state index is -0.247. The molecule has 0 aliphatic carbocycles. The van der Waals surface area contributed by atoms with Gasteiger partial charge in [0.05, 0.1) is 6.54 Å². The van der Waals surface area contributed by atoms with Crippen molar-refractivity contribution in [2.45, 2.75) is 76.8 Å². The number of anilines is 1. The van der Waals surface area contributed by atoms with Crippen LogP contribution in [0.1, 0.15) is 81.4 Å². The number of hydrogen-bond acceptors (Lipinski definition) is 4. The Hall–Kier alpha value is -3.42. The fraction of sp³-hybridized carbons (Fsp3) is 0.371. The molecule has 0 bridgehead atoms. The fourth-order valence-corrected chi connectivity index (χ4v) is 6.15. The van der Waals surface area contributed by atoms with Gasteiger partial charge in [0.2, 0.25) is 5.91 Å². The Morgan fingerprint density at radius 2 is 1.81 bits per heavy atom. The van der Waals surface area contributed by atoms with Gasteiger partial charge in [-0.2, -0.15) is 0 Å². The zero-order valence-corrected chi connectivity index (χ0v) is 26.2. The molecule has 5 nitrogen and oxygen atoms in total. The number of imidazole rings is 1. The Morgan fingerprint density at radius 1 is 1.02 bits per heavy atom. The van der Waals surface area contributed by atoms with Crippen LogP contribution in [0.5, 0.6) is 0 Å². The summed E-state index contributed by atoms with van der Waals surface area (Å²) in [5, 5.41) is 0. The third-order valence-corrected chi connectivity index (χ3v) is 8.44. The summed E-state index contributed by atoms with van der Waals surface area (Å²) >= 11 is 1.45. The van der Waals surface area contributed by atoms with E-state index in [9.17, 15) is 9.18 Å². The first-order valence-corrected chi connectivity index (χ1v) is 15.7. The van der Waals surface area contributed by atoms with Crippen LogP contribution in [0.25, 0.3) is 0 Å². The summed E-state index contributed by atoms with van der Waals surface area (Å²) in [6.45, 7) is 9.10. The van der Waals surface area contributed by atoms with Crippen molar-refractivity contribution in [2.24, 2.45) is 13.0 Å². The minimum Gasteiger partial charge on any atom is -0.337 e. The minimum absolute atomic E-state index is 0.0303. The highest BCUT2D eigenvalue weighted by molar-refractivity contribution is 7.97. The molecule has 0 aliphatic heterocycles. The number of aryl methyl sites for hydroxylation is 1. The molecule has 4 aromatic rings. The Labute approximate surface area is 254 Å². The lowest BCUT2D eigenvalue weighted by molar-refractivity contribution is -0.119. The van der Waals surface area contributed by atoms with Gasteiger partial charge >= 0.3 is 0 Å². The first-order valence-electron chi connectivity index (χ1n) is 14.9. The van der Waals surface area contributed by atoms with E-state index in [0.29, 0.717) is 18.9 Å². The van der Waals surface area contributed by atoms with Gasteiger partial charge in [0, 0.05) is 42.5 Å². The number of hydrogen-bond donors (Lipinski definition) is 1. The molecule has 3 aromatic carbocycles. The Morgan fingerprint density at radius 3 is 2.48 bits per heavy atom. The number of nitrogens with zero attached hydrogens (tertiary/aromatic N) is 3. The molecule has 2 atom stereocenters. The van der Waals surface area contributed by atoms with E-state index in [1.54, 1.807) is 18.3 Å². The predicted octanol–water partition coefficient (Wildman–Crippen LogP) is 8.62. The van der Waals surface area contributed by atoms with Crippen LogP contribution in [-0.2, 0) is 24.8 Å². The standard InChI is InChI=1S/C35H43FN4OS/c1-6-11-33(38-42-30-15-10-14-28(36)22-30)32-23-29(16-17-31(32)25(2)3)40(24-34-37-18-19-39(34)5)35(41)21-26(4)20-27-12-8-7-9-13-27/h7-10,12-19,22-23,25-26,33,38H,6,11,20-21,24H2,1-5H3. The number of amides is 1. The van der Waals surface area contributed by atoms with Gasteiger partial charge in [-0.1, -0.05) is 76.6 Å². The SMILES string of the molecule is CCCC(NSc1cccc(F)c1)c1cc(N(Cc2nccn2C)C(=O)CC(C)Cc2ccccc2)ccc1C(C)C. The molecule has 0 saturated heterocycles. The van der Waals surface area contributed by atoms with Gasteiger partial charge in [-0.05, 0) is 83.6 Å². The van der Waals surface area contributed by atoms with Crippen molar-refractivity contribution in [2.75, 3.05) is 4.90 Å². The van der Waals surface area contributed by atoms with Crippen molar-refractivity contribution in [3.05, 3.63) is 114 Å². The summed E-state index contributed by atoms with van der Waals surface area (Å²) in [5.74, 6) is 1.16. The van der Waals surface area contributed by atoms with Gasteiger partial charge in [0.15, 0.2) is 0 Å². The maximum Gasteiger partial charge on any atom is 0.227 e. The lowest BCUT2D eigenvalue weighted by Gasteiger charge is -2.28. The smallest absolute Gasteiger partial charge is 0.227 e. The number of carbonyl (C=O) groups is 1. The molecular weight excluding hydrogens is 543 g/mol. The molecule has 1 amide bonds. The van der Waals surface area contributed by atoms with Crippen LogP contribution >= 0.6 is 11.9 Å². The first kappa shape index (κ1) is 31.5. The van der Waals surface area contributed by atoms with E-state index in [0.717, 1.165) is 35.7 Å². The number of benzene rings is 3. The number of nitrogens with one attached hydrogen (secondary N) is 1. The van der Waals surface area contributed by atoms with Crippen molar-refractivity contribution in [1.82, 2.24) is 14.3 Å². The molecule has 0 aliphatic rings. The lowest BCUT2D eigenvalue weighted by Crippen LogP contribution is -2.33. The molecule has 0 saturated carbocycles. The van der Waals surface area contributed by atoms with Gasteiger partial charge in [0.1, 0.15) is 11.6 Å². The molecule has 1 N–H and O–H groups in total. The third kappa shape index (κ3) is 8.55. The van der Waals surface area contributed by atoms with Gasteiger partial charge in [0.25, 0.3) is 0 Å². The van der Waals surface area contributed by atoms with E-state index >= 15 is 0 Å². The number of rotatable bonds is 14. The Balaban J connectivity index is 1.65. The van der Waals surface area contributed by atoms with E-state index in [1.165, 1.54) is 34.7 Å². The summed E-state index contributed by atoms with van der Waals surface area (Å²) in [6, 6.07) is 23.4. The van der Waals surface area contributed by atoms with Crippen LogP contribution in [0.15, 0.2) is 90.1 Å². The largest absolute Gasteiger partial charge is 0.337 e. The maximum atomic E-state index is 14.0. The van der Waals surface area contributed by atoms with Crippen LogP contribution in [0.4, 0.5) is 10.1 Å². The zero-order chi connectivity index (χ0) is 30.1. The van der Waals surface area contributed by atoms with Crippen molar-refractivity contribution < 1.29 is 9.18 Å². The molecule has 42 heavy (non-hydrogen) atoms. The molecule has 4 rings (SSSR count). The molecule has 1 heterocycles. The van der Waals surface area contributed by atoms with E-state index in [2.05, 4.69) is 67.7 Å². The highest BCUT2D eigenvalue weighted by Crippen LogP contribution is 2.34. The highest BCUT2D eigenvalue weighted by Gasteiger charge is 2.24. The summed E-state index contributed by atoms with van der Waals surface area (Å²) in [6.07, 6.45) is 6.86. The molecule has 0 fully saturated rings. The highest BCUT2D eigenvalue weighted by atomic mass is 32.2. The van der Waals surface area contributed by atoms with Crippen molar-refractivity contribution in [1.29, 1.82) is 0 Å². The van der Waals surface area contributed by atoms with Gasteiger partial charge in [-0.15, -0.1) is 0 Å². The molecule has 0 radical (unpaired) electrons. The Kier molecular flexibility index (Phi) is 11.4. The van der Waals surface area contributed by atoms with Crippen LogP contribution in [-0.4, -0.2) is 15.5 Å². The lowest BCUT2D eigenvalue weighted by atomic mass is 9.90. The van der Waals surface area contributed by atoms with Gasteiger partial charge in [-0.25, -0.2) is 9.37 Å². The second-order valence-corrected chi connectivity index (χ2v) is 12.3. The third-order valence-electron chi connectivity index (χ3n) is 7.54. The van der Waals surface area contributed by atoms with Gasteiger partial charge in [-0.3, -0.25) is 9.52 Å². The topological polar surface area (TPSA) is 50.2 Å². The van der Waals surface area contributed by atoms with Crippen LogP contribution in [0, 0.1) is 11.7 Å². The molecule has 1 aromatic heterocycles. The summed E-state index contributed by atoms with van der Waals surface area (Å²) in [5.41, 5.74) is 4.52. The molecule has 222 valence electrons. The quantitative estimate of drug-likeness (QED) is 0.150. The van der Waals surface area contributed by atoms with Crippen molar-refractivity contribution >= 4 is 23.5 Å². The molecule has 0 spiro atoms. The average molecular weight is 587 g/mol. The Bertz CT molecular complexity index is 1440. The second kappa shape index (κ2) is 15.2. The molecule has 7 heteroatoms. The fourth-order valence-electron chi connectivity index (χ4n) is 5.30. The zero-order valence-electron chi connectivity index (χ0n) is 25.4. The van der Waals surface area contributed by atoms with Gasteiger partial charge < -0.3 is 9.47 Å². The number of halogens is 1. The average Bonchev–Trinajstić information content (AvgIpc) is 3.38. The van der Waals surface area contributed by atoms with Crippen LogP contribution < -0.4 is 9.62 Å². The normalized spacial score (nSPS) is 12.8. The second-order valence-electron chi connectivity index (χ2n) is 11.4. The van der Waals surface area contributed by atoms with E-state index in [-0.39, 0.29) is 23.7 Å². The summed E-state index contributed by atoms with van der Waals surface area (Å²) < 4.78 is 19.4. The number of carbonyl (C=O) groups excluding carboxylic acids is 1. The van der Waals surface area contributed by atoms with E-state index < -0.39 is 0 Å². The molecular formula is C35H43FN4OS.